The number of aryl methyl sites for hydroxylation is 1. The fourth-order valence-corrected chi connectivity index (χ4v) is 2.99. The lowest BCUT2D eigenvalue weighted by molar-refractivity contribution is -0.129. The van der Waals surface area contributed by atoms with Crippen molar-refractivity contribution >= 4 is 11.9 Å². The summed E-state index contributed by atoms with van der Waals surface area (Å²) < 4.78 is 57.5. The number of carbonyl (C=O) groups is 1. The predicted molar refractivity (Wildman–Crippen MR) is 89.3 cm³/mol. The lowest BCUT2D eigenvalue weighted by atomic mass is 9.82. The zero-order valence-corrected chi connectivity index (χ0v) is 14.3. The van der Waals surface area contributed by atoms with Crippen LogP contribution >= 0.6 is 0 Å². The van der Waals surface area contributed by atoms with Gasteiger partial charge in [-0.25, -0.2) is 13.8 Å². The molecule has 27 heavy (non-hydrogen) atoms. The average molecular weight is 381 g/mol. The average Bonchev–Trinajstić information content (AvgIpc) is 2.81. The number of nitrogens with two attached hydrogens (primary N) is 1. The first kappa shape index (κ1) is 18.7. The van der Waals surface area contributed by atoms with E-state index in [0.717, 1.165) is 17.0 Å². The molecule has 2 aromatic carbocycles. The largest absolute Gasteiger partial charge is 0.435 e. The molecule has 0 fully saturated rings. The number of aliphatic imine (C=N–C) groups is 1. The van der Waals surface area contributed by atoms with Crippen LogP contribution in [0.3, 0.4) is 0 Å². The van der Waals surface area contributed by atoms with Gasteiger partial charge in [0.05, 0.1) is 0 Å². The molecule has 0 aliphatic carbocycles. The van der Waals surface area contributed by atoms with Crippen LogP contribution in [0.25, 0.3) is 0 Å². The van der Waals surface area contributed by atoms with E-state index >= 15 is 0 Å². The maximum atomic E-state index is 13.8. The molecule has 1 aliphatic rings. The predicted octanol–water partition coefficient (Wildman–Crippen LogP) is 2.90. The van der Waals surface area contributed by atoms with Gasteiger partial charge in [-0.05, 0) is 41.8 Å². The topological polar surface area (TPSA) is 67.9 Å². The minimum absolute atomic E-state index is 0.0889. The number of amides is 1. The van der Waals surface area contributed by atoms with Crippen LogP contribution in [0.15, 0.2) is 41.4 Å². The molecule has 1 heterocycles. The van der Waals surface area contributed by atoms with Crippen molar-refractivity contribution in [3.05, 3.63) is 64.7 Å². The molecule has 1 unspecified atom stereocenters. The van der Waals surface area contributed by atoms with Crippen LogP contribution in [0.2, 0.25) is 0 Å². The Labute approximate surface area is 152 Å². The van der Waals surface area contributed by atoms with Crippen LogP contribution in [0, 0.1) is 18.6 Å². The first-order valence-electron chi connectivity index (χ1n) is 7.81. The zero-order valence-electron chi connectivity index (χ0n) is 14.3. The molecule has 1 aliphatic heterocycles. The summed E-state index contributed by atoms with van der Waals surface area (Å²) in [6.07, 6.45) is 0. The summed E-state index contributed by atoms with van der Waals surface area (Å²) in [6, 6.07) is 6.63. The normalized spacial score (nSPS) is 19.6. The van der Waals surface area contributed by atoms with Crippen molar-refractivity contribution in [3.8, 4) is 5.75 Å². The second-order valence-corrected chi connectivity index (χ2v) is 6.06. The quantitative estimate of drug-likeness (QED) is 0.828. The maximum absolute atomic E-state index is 13.8. The van der Waals surface area contributed by atoms with Crippen LogP contribution in [0.5, 0.6) is 5.75 Å². The minimum Gasteiger partial charge on any atom is -0.435 e. The van der Waals surface area contributed by atoms with E-state index in [1.807, 2.05) is 0 Å². The molecule has 0 bridgehead atoms. The lowest BCUT2D eigenvalue weighted by Crippen LogP contribution is -2.41. The van der Waals surface area contributed by atoms with Crippen LogP contribution < -0.4 is 10.5 Å². The number of rotatable bonds is 4. The van der Waals surface area contributed by atoms with E-state index in [-0.39, 0.29) is 22.8 Å². The molecular formula is C18H15F4N3O2. The Kier molecular flexibility index (Phi) is 4.54. The molecule has 0 aromatic heterocycles. The molecule has 2 aromatic rings. The van der Waals surface area contributed by atoms with E-state index in [1.54, 1.807) is 0 Å². The molecule has 142 valence electrons. The molecule has 2 N–H and O–H groups in total. The van der Waals surface area contributed by atoms with Gasteiger partial charge >= 0.3 is 6.61 Å². The fourth-order valence-electron chi connectivity index (χ4n) is 2.99. The molecule has 9 heteroatoms. The van der Waals surface area contributed by atoms with E-state index in [1.165, 1.54) is 32.2 Å². The Morgan fingerprint density at radius 3 is 2.26 bits per heavy atom. The SMILES string of the molecule is Cc1ccc(C2(c3cc(F)cc(F)c3)N=C(N)N(C)C2=O)cc1OC(F)F. The number of benzene rings is 2. The number of guanidine groups is 1. The van der Waals surface area contributed by atoms with Crippen LogP contribution in [-0.2, 0) is 10.3 Å². The molecule has 0 saturated carbocycles. The highest BCUT2D eigenvalue weighted by molar-refractivity contribution is 6.08. The summed E-state index contributed by atoms with van der Waals surface area (Å²) >= 11 is 0. The van der Waals surface area contributed by atoms with Crippen molar-refractivity contribution in [1.29, 1.82) is 0 Å². The number of hydrogen-bond donors (Lipinski definition) is 1. The summed E-state index contributed by atoms with van der Waals surface area (Å²) in [5, 5.41) is 0. The Morgan fingerprint density at radius 2 is 1.74 bits per heavy atom. The number of carbonyl (C=O) groups excluding carboxylic acids is 1. The van der Waals surface area contributed by atoms with E-state index in [2.05, 4.69) is 9.73 Å². The number of alkyl halides is 2. The van der Waals surface area contributed by atoms with Crippen LogP contribution in [0.4, 0.5) is 17.6 Å². The van der Waals surface area contributed by atoms with Crippen molar-refractivity contribution in [3.63, 3.8) is 0 Å². The molecule has 0 saturated heterocycles. The Bertz CT molecular complexity index is 928. The van der Waals surface area contributed by atoms with Gasteiger partial charge in [-0.2, -0.15) is 8.78 Å². The molecule has 5 nitrogen and oxygen atoms in total. The number of nitrogens with zero attached hydrogens (tertiary/aromatic N) is 2. The zero-order chi connectivity index (χ0) is 19.9. The van der Waals surface area contributed by atoms with E-state index < -0.39 is 29.7 Å². The first-order chi connectivity index (χ1) is 12.6. The third-order valence-corrected chi connectivity index (χ3v) is 4.34. The van der Waals surface area contributed by atoms with Crippen molar-refractivity contribution < 1.29 is 27.1 Å². The summed E-state index contributed by atoms with van der Waals surface area (Å²) in [7, 11) is 1.35. The Hall–Kier alpha value is -3.10. The van der Waals surface area contributed by atoms with Gasteiger partial charge < -0.3 is 10.5 Å². The second kappa shape index (κ2) is 6.57. The first-order valence-corrected chi connectivity index (χ1v) is 7.81. The summed E-state index contributed by atoms with van der Waals surface area (Å²) in [6.45, 7) is -1.55. The highest BCUT2D eigenvalue weighted by atomic mass is 19.3. The van der Waals surface area contributed by atoms with E-state index in [9.17, 15) is 22.4 Å². The fraction of sp³-hybridized carbons (Fsp3) is 0.222. The van der Waals surface area contributed by atoms with Crippen LogP contribution in [0.1, 0.15) is 16.7 Å². The third-order valence-electron chi connectivity index (χ3n) is 4.34. The van der Waals surface area contributed by atoms with E-state index in [4.69, 9.17) is 5.73 Å². The highest BCUT2D eigenvalue weighted by Gasteiger charge is 2.50. The Morgan fingerprint density at radius 1 is 1.11 bits per heavy atom. The summed E-state index contributed by atoms with van der Waals surface area (Å²) in [4.78, 5) is 18.2. The monoisotopic (exact) mass is 381 g/mol. The molecule has 3 rings (SSSR count). The van der Waals surface area contributed by atoms with Gasteiger partial charge in [-0.1, -0.05) is 12.1 Å². The second-order valence-electron chi connectivity index (χ2n) is 6.06. The molecule has 1 atom stereocenters. The summed E-state index contributed by atoms with van der Waals surface area (Å²) in [5.74, 6) is -2.89. The molecule has 0 spiro atoms. The number of ether oxygens (including phenoxy) is 1. The number of halogens is 4. The standard InChI is InChI=1S/C18H15F4N3O2/c1-9-3-4-10(7-14(9)27-16(21)22)18(15(26)25(2)17(23)24-18)11-5-12(19)8-13(20)6-11/h3-8,16H,1-2H3,(H2,23,24). The van der Waals surface area contributed by atoms with Crippen molar-refractivity contribution in [1.82, 2.24) is 4.90 Å². The van der Waals surface area contributed by atoms with Crippen LogP contribution in [-0.4, -0.2) is 30.4 Å². The number of likely N-dealkylation sites (N-methyl/N-ethyl adjacent to an activating group) is 1. The maximum Gasteiger partial charge on any atom is 0.387 e. The van der Waals surface area contributed by atoms with Gasteiger partial charge in [0.1, 0.15) is 17.4 Å². The molecule has 0 radical (unpaired) electrons. The minimum atomic E-state index is -3.09. The lowest BCUT2D eigenvalue weighted by Gasteiger charge is -2.27. The smallest absolute Gasteiger partial charge is 0.387 e. The molecule has 1 amide bonds. The highest BCUT2D eigenvalue weighted by Crippen LogP contribution is 2.41. The van der Waals surface area contributed by atoms with Crippen molar-refractivity contribution in [2.45, 2.75) is 19.1 Å². The van der Waals surface area contributed by atoms with Crippen molar-refractivity contribution in [2.24, 2.45) is 10.7 Å². The van der Waals surface area contributed by atoms with Gasteiger partial charge in [0, 0.05) is 13.1 Å². The van der Waals surface area contributed by atoms with Gasteiger partial charge in [-0.3, -0.25) is 9.69 Å². The van der Waals surface area contributed by atoms with Gasteiger partial charge in [0.2, 0.25) is 0 Å². The van der Waals surface area contributed by atoms with Gasteiger partial charge in [-0.15, -0.1) is 0 Å². The van der Waals surface area contributed by atoms with Crippen molar-refractivity contribution in [2.75, 3.05) is 7.05 Å². The molecular weight excluding hydrogens is 366 g/mol. The Balaban J connectivity index is 2.29. The van der Waals surface area contributed by atoms with Gasteiger partial charge in [0.15, 0.2) is 11.5 Å². The van der Waals surface area contributed by atoms with Gasteiger partial charge in [0.25, 0.3) is 5.91 Å². The van der Waals surface area contributed by atoms with E-state index in [0.29, 0.717) is 11.6 Å². The third kappa shape index (κ3) is 3.09. The summed E-state index contributed by atoms with van der Waals surface area (Å²) in [5.41, 5.74) is 4.19. The number of hydrogen-bond acceptors (Lipinski definition) is 4.